The van der Waals surface area contributed by atoms with E-state index in [2.05, 4.69) is 22.1 Å². The lowest BCUT2D eigenvalue weighted by Crippen LogP contribution is -2.16. The molecule has 0 amide bonds. The van der Waals surface area contributed by atoms with Crippen LogP contribution in [0.5, 0.6) is 5.75 Å². The standard InChI is InChI=1S/C21H14Cl2F2N2O2S/c1-29-15-8-13(10-26-11-15)2-4-16-18(24)6-7-19(21(16)25)27-12-30(28)20-9-14(22)3-5-17(20)23/h3,5-11,27H,12H2,1H3. The molecule has 1 unspecified atom stereocenters. The minimum atomic E-state index is -1.61. The molecule has 0 bridgehead atoms. The largest absolute Gasteiger partial charge is 0.610 e. The van der Waals surface area contributed by atoms with E-state index in [1.54, 1.807) is 12.1 Å². The summed E-state index contributed by atoms with van der Waals surface area (Å²) in [5.74, 6) is 3.73. The van der Waals surface area contributed by atoms with Gasteiger partial charge in [-0.2, -0.15) is 0 Å². The van der Waals surface area contributed by atoms with E-state index < -0.39 is 28.4 Å². The van der Waals surface area contributed by atoms with Crippen molar-refractivity contribution >= 4 is 40.1 Å². The second-order valence-electron chi connectivity index (χ2n) is 5.89. The van der Waals surface area contributed by atoms with E-state index in [9.17, 15) is 13.3 Å². The first kappa shape index (κ1) is 22.2. The summed E-state index contributed by atoms with van der Waals surface area (Å²) in [4.78, 5) is 4.25. The third kappa shape index (κ3) is 5.35. The molecule has 1 atom stereocenters. The molecular formula is C21H14Cl2F2N2O2S. The van der Waals surface area contributed by atoms with Crippen molar-refractivity contribution in [2.75, 3.05) is 18.3 Å². The Bertz CT molecular complexity index is 1140. The van der Waals surface area contributed by atoms with E-state index in [1.165, 1.54) is 37.7 Å². The minimum Gasteiger partial charge on any atom is -0.610 e. The molecule has 9 heteroatoms. The summed E-state index contributed by atoms with van der Waals surface area (Å²) in [5, 5.41) is 3.35. The Morgan fingerprint density at radius 3 is 2.70 bits per heavy atom. The molecule has 0 saturated heterocycles. The Morgan fingerprint density at radius 2 is 1.93 bits per heavy atom. The summed E-state index contributed by atoms with van der Waals surface area (Å²) in [5.41, 5.74) is -0.0337. The van der Waals surface area contributed by atoms with Crippen LogP contribution >= 0.6 is 23.2 Å². The molecule has 1 aromatic heterocycles. The fourth-order valence-corrected chi connectivity index (χ4v) is 4.01. The molecule has 0 spiro atoms. The smallest absolute Gasteiger partial charge is 0.181 e. The number of hydrogen-bond donors (Lipinski definition) is 1. The summed E-state index contributed by atoms with van der Waals surface area (Å²) < 4.78 is 46.5. The zero-order valence-electron chi connectivity index (χ0n) is 15.5. The minimum absolute atomic E-state index is 0.0454. The van der Waals surface area contributed by atoms with Gasteiger partial charge in [-0.1, -0.05) is 35.0 Å². The Balaban J connectivity index is 1.81. The topological polar surface area (TPSA) is 57.2 Å². The van der Waals surface area contributed by atoms with Gasteiger partial charge >= 0.3 is 0 Å². The van der Waals surface area contributed by atoms with Crippen molar-refractivity contribution in [1.82, 2.24) is 4.98 Å². The van der Waals surface area contributed by atoms with E-state index in [0.29, 0.717) is 21.2 Å². The van der Waals surface area contributed by atoms with Gasteiger partial charge in [0.05, 0.1) is 29.6 Å². The molecular weight excluding hydrogens is 453 g/mol. The maximum Gasteiger partial charge on any atom is 0.181 e. The highest BCUT2D eigenvalue weighted by Crippen LogP contribution is 2.27. The lowest BCUT2D eigenvalue weighted by molar-refractivity contribution is 0.413. The summed E-state index contributed by atoms with van der Waals surface area (Å²) in [7, 11) is 1.48. The van der Waals surface area contributed by atoms with Gasteiger partial charge in [-0.25, -0.2) is 8.78 Å². The average Bonchev–Trinajstić information content (AvgIpc) is 2.74. The molecule has 1 heterocycles. The number of halogens is 4. The summed E-state index contributed by atoms with van der Waals surface area (Å²) in [6, 6.07) is 8.45. The molecule has 4 nitrogen and oxygen atoms in total. The molecule has 1 N–H and O–H groups in total. The number of nitrogens with one attached hydrogen (secondary N) is 1. The maximum atomic E-state index is 14.8. The van der Waals surface area contributed by atoms with E-state index in [4.69, 9.17) is 27.9 Å². The maximum absolute atomic E-state index is 14.8. The van der Waals surface area contributed by atoms with Crippen LogP contribution in [0.15, 0.2) is 53.7 Å². The van der Waals surface area contributed by atoms with Crippen molar-refractivity contribution in [2.45, 2.75) is 4.90 Å². The van der Waals surface area contributed by atoms with Gasteiger partial charge in [0.1, 0.15) is 11.6 Å². The summed E-state index contributed by atoms with van der Waals surface area (Å²) in [6.45, 7) is 0. The fourth-order valence-electron chi connectivity index (χ4n) is 2.41. The predicted molar refractivity (Wildman–Crippen MR) is 114 cm³/mol. The molecule has 30 heavy (non-hydrogen) atoms. The van der Waals surface area contributed by atoms with Crippen LogP contribution in [0.3, 0.4) is 0 Å². The predicted octanol–water partition coefficient (Wildman–Crippen LogP) is 5.25. The first-order valence-electron chi connectivity index (χ1n) is 8.45. The number of methoxy groups -OCH3 is 1. The molecule has 3 rings (SSSR count). The highest BCUT2D eigenvalue weighted by Gasteiger charge is 2.18. The van der Waals surface area contributed by atoms with Gasteiger partial charge in [-0.15, -0.1) is 0 Å². The highest BCUT2D eigenvalue weighted by atomic mass is 35.5. The van der Waals surface area contributed by atoms with Gasteiger partial charge in [0.15, 0.2) is 16.6 Å². The summed E-state index contributed by atoms with van der Waals surface area (Å²) >= 11 is 10.3. The van der Waals surface area contributed by atoms with E-state index in [-0.39, 0.29) is 16.6 Å². The molecule has 0 aliphatic rings. The lowest BCUT2D eigenvalue weighted by Gasteiger charge is -2.14. The van der Waals surface area contributed by atoms with Gasteiger partial charge in [0.2, 0.25) is 0 Å². The molecule has 3 aromatic rings. The van der Waals surface area contributed by atoms with Gasteiger partial charge in [-0.05, 0) is 30.3 Å². The van der Waals surface area contributed by atoms with Gasteiger partial charge in [0.25, 0.3) is 0 Å². The molecule has 0 fully saturated rings. The van der Waals surface area contributed by atoms with E-state index >= 15 is 0 Å². The molecule has 0 aliphatic carbocycles. The quantitative estimate of drug-likeness (QED) is 0.411. The Kier molecular flexibility index (Phi) is 7.40. The number of pyridine rings is 1. The van der Waals surface area contributed by atoms with E-state index in [1.807, 2.05) is 0 Å². The fraction of sp³-hybridized carbons (Fsp3) is 0.0952. The molecule has 0 saturated carbocycles. The monoisotopic (exact) mass is 466 g/mol. The number of anilines is 1. The highest BCUT2D eigenvalue weighted by molar-refractivity contribution is 7.91. The summed E-state index contributed by atoms with van der Waals surface area (Å²) in [6.07, 6.45) is 2.94. The molecule has 2 aromatic carbocycles. The van der Waals surface area contributed by atoms with Crippen molar-refractivity contribution in [1.29, 1.82) is 0 Å². The van der Waals surface area contributed by atoms with Crippen LogP contribution < -0.4 is 10.1 Å². The third-order valence-corrected chi connectivity index (χ3v) is 5.82. The second kappa shape index (κ2) is 10.0. The Morgan fingerprint density at radius 1 is 1.13 bits per heavy atom. The third-order valence-electron chi connectivity index (χ3n) is 3.90. The zero-order valence-corrected chi connectivity index (χ0v) is 17.8. The van der Waals surface area contributed by atoms with Crippen LogP contribution in [-0.2, 0) is 11.2 Å². The lowest BCUT2D eigenvalue weighted by atomic mass is 10.1. The number of aromatic nitrogens is 1. The first-order chi connectivity index (χ1) is 14.4. The molecule has 0 radical (unpaired) electrons. The van der Waals surface area contributed by atoms with Crippen molar-refractivity contribution in [3.05, 3.63) is 81.6 Å². The number of nitrogens with zero attached hydrogens (tertiary/aromatic N) is 1. The van der Waals surface area contributed by atoms with Crippen LogP contribution in [0.2, 0.25) is 10.0 Å². The van der Waals surface area contributed by atoms with Crippen LogP contribution in [0, 0.1) is 23.5 Å². The SMILES string of the molecule is COc1cncc(C#Cc2c(F)ccc(NC[S+]([O-])c3cc(Cl)ccc3Cl)c2F)c1. The van der Waals surface area contributed by atoms with Gasteiger partial charge < -0.3 is 14.6 Å². The number of hydrogen-bond acceptors (Lipinski definition) is 4. The van der Waals surface area contributed by atoms with Crippen molar-refractivity contribution in [2.24, 2.45) is 0 Å². The van der Waals surface area contributed by atoms with Crippen molar-refractivity contribution in [3.8, 4) is 17.6 Å². The molecule has 0 aliphatic heterocycles. The second-order valence-corrected chi connectivity index (χ2v) is 8.15. The zero-order chi connectivity index (χ0) is 21.7. The van der Waals surface area contributed by atoms with Crippen molar-refractivity contribution < 1.29 is 18.1 Å². The van der Waals surface area contributed by atoms with Gasteiger partial charge in [0, 0.05) is 34.0 Å². The number of benzene rings is 2. The Labute approximate surface area is 185 Å². The average molecular weight is 467 g/mol. The Hall–Kier alpha value is -2.50. The number of ether oxygens (including phenoxy) is 1. The van der Waals surface area contributed by atoms with Gasteiger partial charge in [-0.3, -0.25) is 4.98 Å². The van der Waals surface area contributed by atoms with Crippen LogP contribution in [-0.4, -0.2) is 22.5 Å². The normalized spacial score (nSPS) is 11.4. The first-order valence-corrected chi connectivity index (χ1v) is 10.5. The van der Waals surface area contributed by atoms with E-state index in [0.717, 1.165) is 6.07 Å². The molecule has 154 valence electrons. The van der Waals surface area contributed by atoms with Crippen LogP contribution in [0.1, 0.15) is 11.1 Å². The van der Waals surface area contributed by atoms with Crippen LogP contribution in [0.4, 0.5) is 14.5 Å². The van der Waals surface area contributed by atoms with Crippen LogP contribution in [0.25, 0.3) is 0 Å². The van der Waals surface area contributed by atoms with Crippen molar-refractivity contribution in [3.63, 3.8) is 0 Å². The number of rotatable bonds is 5.